The van der Waals surface area contributed by atoms with E-state index in [1.54, 1.807) is 6.92 Å². The molecule has 0 radical (unpaired) electrons. The molecule has 0 bridgehead atoms. The number of carbonyl (C=O) groups excluding carboxylic acids is 1. The quantitative estimate of drug-likeness (QED) is 0.919. The van der Waals surface area contributed by atoms with Crippen molar-refractivity contribution in [2.75, 3.05) is 0 Å². The van der Waals surface area contributed by atoms with Crippen molar-refractivity contribution in [3.8, 4) is 5.75 Å². The maximum atomic E-state index is 13.1. The average Bonchev–Trinajstić information content (AvgIpc) is 2.86. The molecule has 1 aromatic rings. The molecule has 1 amide bonds. The molecule has 0 saturated heterocycles. The molecule has 1 unspecified atom stereocenters. The van der Waals surface area contributed by atoms with E-state index in [1.807, 2.05) is 0 Å². The number of amides is 1. The Morgan fingerprint density at radius 3 is 2.79 bits per heavy atom. The summed E-state index contributed by atoms with van der Waals surface area (Å²) in [5, 5.41) is 2.98. The van der Waals surface area contributed by atoms with Gasteiger partial charge in [-0.2, -0.15) is 0 Å². The van der Waals surface area contributed by atoms with Crippen LogP contribution in [0.5, 0.6) is 5.75 Å². The van der Waals surface area contributed by atoms with Crippen molar-refractivity contribution in [3.63, 3.8) is 0 Å². The van der Waals surface area contributed by atoms with Gasteiger partial charge >= 0.3 is 0 Å². The summed E-state index contributed by atoms with van der Waals surface area (Å²) in [5.74, 6) is 0.00473. The predicted octanol–water partition coefficient (Wildman–Crippen LogP) is 3.41. The number of hydrogen-bond acceptors (Lipinski definition) is 2. The lowest BCUT2D eigenvalue weighted by molar-refractivity contribution is -0.127. The molecule has 0 spiro atoms. The molecule has 0 aromatic heterocycles. The van der Waals surface area contributed by atoms with Crippen molar-refractivity contribution < 1.29 is 13.9 Å². The standard InChI is InChI=1S/C14H17BrFNO2/c1-9(14(18)17-10-4-2-3-5-10)19-11-6-7-13(16)12(15)8-11/h6-10H,2-5H2,1H3,(H,17,18). The van der Waals surface area contributed by atoms with E-state index in [-0.39, 0.29) is 17.8 Å². The number of halogens is 2. The van der Waals surface area contributed by atoms with Crippen LogP contribution in [-0.4, -0.2) is 18.1 Å². The molecule has 19 heavy (non-hydrogen) atoms. The first kappa shape index (κ1) is 14.3. The summed E-state index contributed by atoms with van der Waals surface area (Å²) in [6.07, 6.45) is 3.84. The van der Waals surface area contributed by atoms with Gasteiger partial charge in [0.15, 0.2) is 6.10 Å². The van der Waals surface area contributed by atoms with E-state index in [4.69, 9.17) is 4.74 Å². The fourth-order valence-corrected chi connectivity index (χ4v) is 2.55. The summed E-state index contributed by atoms with van der Waals surface area (Å²) in [4.78, 5) is 11.9. The van der Waals surface area contributed by atoms with Crippen LogP contribution in [0.3, 0.4) is 0 Å². The first-order chi connectivity index (χ1) is 9.06. The first-order valence-corrected chi connectivity index (χ1v) is 7.27. The van der Waals surface area contributed by atoms with E-state index in [1.165, 1.54) is 31.0 Å². The minimum atomic E-state index is -0.585. The van der Waals surface area contributed by atoms with Crippen molar-refractivity contribution in [3.05, 3.63) is 28.5 Å². The van der Waals surface area contributed by atoms with E-state index in [2.05, 4.69) is 21.2 Å². The van der Waals surface area contributed by atoms with Gasteiger partial charge in [0.25, 0.3) is 5.91 Å². The Balaban J connectivity index is 1.90. The molecule has 1 fully saturated rings. The predicted molar refractivity (Wildman–Crippen MR) is 74.6 cm³/mol. The molecule has 5 heteroatoms. The molecule has 3 nitrogen and oxygen atoms in total. The van der Waals surface area contributed by atoms with Gasteiger partial charge in [0, 0.05) is 6.04 Å². The van der Waals surface area contributed by atoms with Crippen LogP contribution in [-0.2, 0) is 4.79 Å². The zero-order valence-electron chi connectivity index (χ0n) is 10.8. The second-order valence-electron chi connectivity index (χ2n) is 4.83. The van der Waals surface area contributed by atoms with Crippen LogP contribution in [0.25, 0.3) is 0 Å². The monoisotopic (exact) mass is 329 g/mol. The summed E-state index contributed by atoms with van der Waals surface area (Å²) in [6, 6.07) is 4.62. The molecular weight excluding hydrogens is 313 g/mol. The third kappa shape index (κ3) is 3.93. The van der Waals surface area contributed by atoms with Crippen LogP contribution in [0.15, 0.2) is 22.7 Å². The molecule has 1 N–H and O–H groups in total. The Kier molecular flexibility index (Phi) is 4.80. The zero-order chi connectivity index (χ0) is 13.8. The fraction of sp³-hybridized carbons (Fsp3) is 0.500. The highest BCUT2D eigenvalue weighted by Crippen LogP contribution is 2.23. The molecule has 1 aliphatic rings. The molecule has 1 aliphatic carbocycles. The molecule has 0 heterocycles. The first-order valence-electron chi connectivity index (χ1n) is 6.48. The van der Waals surface area contributed by atoms with E-state index in [0.29, 0.717) is 10.2 Å². The Morgan fingerprint density at radius 2 is 2.16 bits per heavy atom. The maximum Gasteiger partial charge on any atom is 0.260 e. The SMILES string of the molecule is CC(Oc1ccc(F)c(Br)c1)C(=O)NC1CCCC1. The number of hydrogen-bond donors (Lipinski definition) is 1. The van der Waals surface area contributed by atoms with Gasteiger partial charge in [0.2, 0.25) is 0 Å². The highest BCUT2D eigenvalue weighted by atomic mass is 79.9. The van der Waals surface area contributed by atoms with E-state index in [0.717, 1.165) is 12.8 Å². The molecule has 2 rings (SSSR count). The Labute approximate surface area is 120 Å². The minimum absolute atomic E-state index is 0.118. The second-order valence-corrected chi connectivity index (χ2v) is 5.68. The van der Waals surface area contributed by atoms with Gasteiger partial charge in [-0.1, -0.05) is 12.8 Å². The molecular formula is C14H17BrFNO2. The number of rotatable bonds is 4. The van der Waals surface area contributed by atoms with Crippen molar-refractivity contribution in [2.45, 2.75) is 44.8 Å². The molecule has 1 atom stereocenters. The van der Waals surface area contributed by atoms with Crippen LogP contribution >= 0.6 is 15.9 Å². The van der Waals surface area contributed by atoms with Crippen LogP contribution < -0.4 is 10.1 Å². The van der Waals surface area contributed by atoms with Gasteiger partial charge in [-0.25, -0.2) is 4.39 Å². The van der Waals surface area contributed by atoms with Crippen LogP contribution in [0.2, 0.25) is 0 Å². The van der Waals surface area contributed by atoms with Crippen molar-refractivity contribution >= 4 is 21.8 Å². The summed E-state index contributed by atoms with van der Waals surface area (Å²) < 4.78 is 18.9. The van der Waals surface area contributed by atoms with E-state index < -0.39 is 6.10 Å². The topological polar surface area (TPSA) is 38.3 Å². The van der Waals surface area contributed by atoms with E-state index in [9.17, 15) is 9.18 Å². The number of benzene rings is 1. The Morgan fingerprint density at radius 1 is 1.47 bits per heavy atom. The molecule has 1 aromatic carbocycles. The molecule has 0 aliphatic heterocycles. The number of carbonyl (C=O) groups is 1. The lowest BCUT2D eigenvalue weighted by atomic mass is 10.2. The highest BCUT2D eigenvalue weighted by molar-refractivity contribution is 9.10. The smallest absolute Gasteiger partial charge is 0.260 e. The van der Waals surface area contributed by atoms with Crippen LogP contribution in [0.4, 0.5) is 4.39 Å². The third-order valence-electron chi connectivity index (χ3n) is 3.27. The summed E-state index contributed by atoms with van der Waals surface area (Å²) >= 11 is 3.09. The third-order valence-corrected chi connectivity index (χ3v) is 3.88. The van der Waals surface area contributed by atoms with Gasteiger partial charge in [-0.15, -0.1) is 0 Å². The largest absolute Gasteiger partial charge is 0.481 e. The van der Waals surface area contributed by atoms with Gasteiger partial charge in [-0.3, -0.25) is 4.79 Å². The Bertz CT molecular complexity index is 461. The van der Waals surface area contributed by atoms with Gasteiger partial charge in [0.05, 0.1) is 4.47 Å². The van der Waals surface area contributed by atoms with Crippen LogP contribution in [0.1, 0.15) is 32.6 Å². The number of ether oxygens (including phenoxy) is 1. The van der Waals surface area contributed by atoms with Gasteiger partial charge < -0.3 is 10.1 Å². The van der Waals surface area contributed by atoms with E-state index >= 15 is 0 Å². The minimum Gasteiger partial charge on any atom is -0.481 e. The lowest BCUT2D eigenvalue weighted by Gasteiger charge is -2.18. The second kappa shape index (κ2) is 6.37. The molecule has 1 saturated carbocycles. The lowest BCUT2D eigenvalue weighted by Crippen LogP contribution is -2.41. The van der Waals surface area contributed by atoms with Gasteiger partial charge in [-0.05, 0) is 53.9 Å². The molecule has 104 valence electrons. The summed E-state index contributed by atoms with van der Waals surface area (Å²) in [7, 11) is 0. The normalized spacial score (nSPS) is 17.2. The van der Waals surface area contributed by atoms with Crippen molar-refractivity contribution in [2.24, 2.45) is 0 Å². The number of nitrogens with one attached hydrogen (secondary N) is 1. The average molecular weight is 330 g/mol. The van der Waals surface area contributed by atoms with Crippen molar-refractivity contribution in [1.29, 1.82) is 0 Å². The Hall–Kier alpha value is -1.10. The van der Waals surface area contributed by atoms with Crippen molar-refractivity contribution in [1.82, 2.24) is 5.32 Å². The zero-order valence-corrected chi connectivity index (χ0v) is 12.4. The summed E-state index contributed by atoms with van der Waals surface area (Å²) in [5.41, 5.74) is 0. The van der Waals surface area contributed by atoms with Gasteiger partial charge in [0.1, 0.15) is 11.6 Å². The fourth-order valence-electron chi connectivity index (χ4n) is 2.20. The maximum absolute atomic E-state index is 13.1. The highest BCUT2D eigenvalue weighted by Gasteiger charge is 2.21. The summed E-state index contributed by atoms with van der Waals surface area (Å²) in [6.45, 7) is 1.70. The van der Waals surface area contributed by atoms with Crippen LogP contribution in [0, 0.1) is 5.82 Å².